The van der Waals surface area contributed by atoms with Gasteiger partial charge in [-0.05, 0) is 81.0 Å². The third-order valence-electron chi connectivity index (χ3n) is 6.36. The van der Waals surface area contributed by atoms with Gasteiger partial charge < -0.3 is 4.74 Å². The summed E-state index contributed by atoms with van der Waals surface area (Å²) in [5.74, 6) is 0.884. The topological polar surface area (TPSA) is 45.4 Å². The Labute approximate surface area is 165 Å². The van der Waals surface area contributed by atoms with Crippen LogP contribution in [0.15, 0.2) is 23.2 Å². The van der Waals surface area contributed by atoms with Gasteiger partial charge in [0.05, 0.1) is 22.9 Å². The molecule has 1 saturated carbocycles. The lowest BCUT2D eigenvalue weighted by atomic mass is 9.62. The van der Waals surface area contributed by atoms with Crippen LogP contribution in [-0.4, -0.2) is 18.4 Å². The van der Waals surface area contributed by atoms with Crippen LogP contribution in [0.2, 0.25) is 0 Å². The van der Waals surface area contributed by atoms with Crippen molar-refractivity contribution in [3.8, 4) is 6.07 Å². The molecule has 1 spiro atoms. The highest BCUT2D eigenvalue weighted by Crippen LogP contribution is 2.51. The molecule has 2 aliphatic rings. The molecule has 3 rings (SSSR count). The average molecular weight is 369 g/mol. The summed E-state index contributed by atoms with van der Waals surface area (Å²) in [7, 11) is 0. The Bertz CT molecular complexity index is 678. The summed E-state index contributed by atoms with van der Waals surface area (Å²) in [4.78, 5) is 4.15. The zero-order chi connectivity index (χ0) is 19.9. The Hall–Kier alpha value is -1.66. The van der Waals surface area contributed by atoms with Gasteiger partial charge in [0.25, 0.3) is 0 Å². The minimum Gasteiger partial charge on any atom is -0.375 e. The van der Waals surface area contributed by atoms with Crippen molar-refractivity contribution in [1.29, 1.82) is 5.26 Å². The Morgan fingerprint density at radius 3 is 2.63 bits per heavy atom. The van der Waals surface area contributed by atoms with E-state index in [1.54, 1.807) is 12.3 Å². The van der Waals surface area contributed by atoms with Gasteiger partial charge in [-0.25, -0.2) is 0 Å². The number of nitrogens with zero attached hydrogens (tertiary/aromatic N) is 2. The van der Waals surface area contributed by atoms with Gasteiger partial charge in [-0.2, -0.15) is 5.26 Å². The maximum Gasteiger partial charge on any atom is 0.0991 e. The van der Waals surface area contributed by atoms with Gasteiger partial charge in [-0.15, -0.1) is 0 Å². The van der Waals surface area contributed by atoms with Gasteiger partial charge in [-0.1, -0.05) is 33.6 Å². The van der Waals surface area contributed by atoms with Crippen molar-refractivity contribution in [3.05, 3.63) is 29.3 Å². The van der Waals surface area contributed by atoms with E-state index in [1.165, 1.54) is 44.9 Å². The van der Waals surface area contributed by atoms with Crippen LogP contribution in [0.3, 0.4) is 0 Å². The molecule has 27 heavy (non-hydrogen) atoms. The molecule has 1 aliphatic carbocycles. The average Bonchev–Trinajstić information content (AvgIpc) is 3.10. The van der Waals surface area contributed by atoms with Crippen LogP contribution in [0.1, 0.15) is 83.8 Å². The highest BCUT2D eigenvalue weighted by molar-refractivity contribution is 5.63. The fourth-order valence-electron chi connectivity index (χ4n) is 4.55. The molecule has 148 valence electrons. The van der Waals surface area contributed by atoms with Crippen molar-refractivity contribution in [2.75, 3.05) is 6.61 Å². The first-order valence-electron chi connectivity index (χ1n) is 10.5. The van der Waals surface area contributed by atoms with E-state index < -0.39 is 0 Å². The molecule has 0 radical (unpaired) electrons. The minimum atomic E-state index is 0.301. The number of hydrogen-bond donors (Lipinski definition) is 0. The predicted molar refractivity (Wildman–Crippen MR) is 114 cm³/mol. The maximum atomic E-state index is 8.59. The molecule has 1 aromatic carbocycles. The zero-order valence-electron chi connectivity index (χ0n) is 17.8. The molecule has 1 heterocycles. The first kappa shape index (κ1) is 21.6. The second kappa shape index (κ2) is 9.51. The summed E-state index contributed by atoms with van der Waals surface area (Å²) in [6.07, 6.45) is 11.1. The van der Waals surface area contributed by atoms with Crippen LogP contribution in [0.4, 0.5) is 5.69 Å². The van der Waals surface area contributed by atoms with E-state index in [-0.39, 0.29) is 0 Å². The van der Waals surface area contributed by atoms with Crippen molar-refractivity contribution in [1.82, 2.24) is 0 Å². The quantitative estimate of drug-likeness (QED) is 0.554. The lowest BCUT2D eigenvalue weighted by molar-refractivity contribution is -0.0766. The van der Waals surface area contributed by atoms with E-state index in [1.807, 2.05) is 26.0 Å². The highest BCUT2D eigenvalue weighted by atomic mass is 16.5. The van der Waals surface area contributed by atoms with E-state index in [0.29, 0.717) is 16.6 Å². The van der Waals surface area contributed by atoms with Gasteiger partial charge in [0.15, 0.2) is 0 Å². The second-order valence-electron chi connectivity index (χ2n) is 8.81. The van der Waals surface area contributed by atoms with Crippen LogP contribution in [-0.2, 0) is 4.74 Å². The third-order valence-corrected chi connectivity index (χ3v) is 6.36. The SMILES string of the molecule is CC=Nc1ccc(C#N)cc1C.CCCC1CC2(CCCO2)CCC1(C)C. The Morgan fingerprint density at radius 2 is 2.07 bits per heavy atom. The number of benzene rings is 1. The number of aryl methyl sites for hydroxylation is 1. The summed E-state index contributed by atoms with van der Waals surface area (Å²) < 4.78 is 6.05. The maximum absolute atomic E-state index is 8.59. The standard InChI is InChI=1S/C14H26O.C10H10N2/c1-4-6-12-11-14(7-5-10-15-14)9-8-13(12,2)3;1-3-12-10-5-4-9(7-11)6-8(10)2/h12H,4-11H2,1-3H3;3-6H,1-2H3. The van der Waals surface area contributed by atoms with Gasteiger partial charge in [-0.3, -0.25) is 4.99 Å². The van der Waals surface area contributed by atoms with Crippen LogP contribution in [0, 0.1) is 29.6 Å². The molecule has 2 fully saturated rings. The van der Waals surface area contributed by atoms with E-state index in [4.69, 9.17) is 10.00 Å². The molecule has 0 bridgehead atoms. The van der Waals surface area contributed by atoms with Crippen molar-refractivity contribution in [2.24, 2.45) is 16.3 Å². The summed E-state index contributed by atoms with van der Waals surface area (Å²) in [5.41, 5.74) is 3.49. The van der Waals surface area contributed by atoms with E-state index in [0.717, 1.165) is 23.8 Å². The van der Waals surface area contributed by atoms with E-state index in [2.05, 4.69) is 31.8 Å². The van der Waals surface area contributed by atoms with Gasteiger partial charge in [0.2, 0.25) is 0 Å². The number of hydrogen-bond acceptors (Lipinski definition) is 3. The first-order valence-corrected chi connectivity index (χ1v) is 10.5. The predicted octanol–water partition coefficient (Wildman–Crippen LogP) is 6.75. The van der Waals surface area contributed by atoms with Crippen LogP contribution >= 0.6 is 0 Å². The van der Waals surface area contributed by atoms with Crippen molar-refractivity contribution in [2.45, 2.75) is 85.2 Å². The van der Waals surface area contributed by atoms with E-state index >= 15 is 0 Å². The Kier molecular flexibility index (Phi) is 7.62. The fraction of sp³-hybridized carbons (Fsp3) is 0.667. The van der Waals surface area contributed by atoms with Gasteiger partial charge in [0.1, 0.15) is 0 Å². The third kappa shape index (κ3) is 5.66. The van der Waals surface area contributed by atoms with Crippen molar-refractivity contribution >= 4 is 11.9 Å². The molecule has 2 unspecified atom stereocenters. The fourth-order valence-corrected chi connectivity index (χ4v) is 4.55. The summed E-state index contributed by atoms with van der Waals surface area (Å²) in [6.45, 7) is 12.1. The van der Waals surface area contributed by atoms with E-state index in [9.17, 15) is 0 Å². The number of rotatable bonds is 3. The van der Waals surface area contributed by atoms with Gasteiger partial charge >= 0.3 is 0 Å². The lowest BCUT2D eigenvalue weighted by Crippen LogP contribution is -2.42. The second-order valence-corrected chi connectivity index (χ2v) is 8.81. The first-order chi connectivity index (χ1) is 12.9. The van der Waals surface area contributed by atoms with Crippen molar-refractivity contribution < 1.29 is 4.74 Å². The monoisotopic (exact) mass is 368 g/mol. The Morgan fingerprint density at radius 1 is 1.30 bits per heavy atom. The van der Waals surface area contributed by atoms with Crippen LogP contribution in [0.5, 0.6) is 0 Å². The highest BCUT2D eigenvalue weighted by Gasteiger charge is 2.46. The largest absolute Gasteiger partial charge is 0.375 e. The molecule has 0 N–H and O–H groups in total. The smallest absolute Gasteiger partial charge is 0.0991 e. The zero-order valence-corrected chi connectivity index (χ0v) is 17.8. The molecule has 0 aromatic heterocycles. The summed E-state index contributed by atoms with van der Waals surface area (Å²) >= 11 is 0. The molecule has 1 saturated heterocycles. The van der Waals surface area contributed by atoms with Crippen LogP contribution in [0.25, 0.3) is 0 Å². The summed E-state index contributed by atoms with van der Waals surface area (Å²) in [6, 6.07) is 7.55. The number of ether oxygens (including phenoxy) is 1. The van der Waals surface area contributed by atoms with Crippen molar-refractivity contribution in [3.63, 3.8) is 0 Å². The Balaban J connectivity index is 0.000000199. The number of aliphatic imine (C=N–C) groups is 1. The molecular formula is C24H36N2O. The molecule has 0 amide bonds. The molecule has 3 heteroatoms. The van der Waals surface area contributed by atoms with Crippen LogP contribution < -0.4 is 0 Å². The molecule has 1 aromatic rings. The normalized spacial score (nSPS) is 26.6. The lowest BCUT2D eigenvalue weighted by Gasteiger charge is -2.47. The molecule has 2 atom stereocenters. The molecule has 1 aliphatic heterocycles. The minimum absolute atomic E-state index is 0.301. The van der Waals surface area contributed by atoms with Gasteiger partial charge in [0, 0.05) is 12.8 Å². The number of nitriles is 1. The molecular weight excluding hydrogens is 332 g/mol. The molecule has 3 nitrogen and oxygen atoms in total. The summed E-state index contributed by atoms with van der Waals surface area (Å²) in [5, 5.41) is 8.59.